The van der Waals surface area contributed by atoms with Crippen LogP contribution in [0.15, 0.2) is 24.0 Å². The Labute approximate surface area is 184 Å². The van der Waals surface area contributed by atoms with E-state index in [0.29, 0.717) is 25.1 Å². The number of phenols is 1. The van der Waals surface area contributed by atoms with Gasteiger partial charge in [0.05, 0.1) is 24.3 Å². The molecule has 6 atom stereocenters. The van der Waals surface area contributed by atoms with Crippen LogP contribution in [0.2, 0.25) is 0 Å². The minimum absolute atomic E-state index is 0.0367. The number of rotatable bonds is 1. The van der Waals surface area contributed by atoms with E-state index in [0.717, 1.165) is 0 Å². The lowest BCUT2D eigenvalue weighted by molar-refractivity contribution is -0.154. The minimum atomic E-state index is -1.61. The van der Waals surface area contributed by atoms with Crippen molar-refractivity contribution in [2.45, 2.75) is 41.6 Å². The number of carbonyl (C=O) groups excluding carboxylic acids is 2. The highest BCUT2D eigenvalue weighted by molar-refractivity contribution is 6.12. The summed E-state index contributed by atoms with van der Waals surface area (Å²) in [5.41, 5.74) is -2.70. The lowest BCUT2D eigenvalue weighted by Gasteiger charge is -2.55. The van der Waals surface area contributed by atoms with Crippen molar-refractivity contribution >= 4 is 17.4 Å². The zero-order valence-corrected chi connectivity index (χ0v) is 17.8. The second kappa shape index (κ2) is 5.47. The smallest absolute Gasteiger partial charge is 0.255 e. The van der Waals surface area contributed by atoms with Crippen molar-refractivity contribution in [1.82, 2.24) is 4.90 Å². The normalized spacial score (nSPS) is 43.3. The van der Waals surface area contributed by atoms with Gasteiger partial charge in [-0.15, -0.1) is 0 Å². The van der Waals surface area contributed by atoms with Crippen LogP contribution in [0.25, 0.3) is 0 Å². The molecule has 4 bridgehead atoms. The summed E-state index contributed by atoms with van der Waals surface area (Å²) in [5, 5.41) is 23.6. The van der Waals surface area contributed by atoms with Crippen molar-refractivity contribution in [1.29, 1.82) is 0 Å². The van der Waals surface area contributed by atoms with Crippen LogP contribution in [-0.2, 0) is 24.5 Å². The molecule has 32 heavy (non-hydrogen) atoms. The van der Waals surface area contributed by atoms with Crippen LogP contribution < -0.4 is 9.64 Å². The molecular weight excluding hydrogens is 416 g/mol. The number of epoxide rings is 1. The summed E-state index contributed by atoms with van der Waals surface area (Å²) in [6, 6.07) is 2.45. The first kappa shape index (κ1) is 18.9. The zero-order valence-electron chi connectivity index (χ0n) is 17.8. The molecule has 1 aromatic rings. The summed E-state index contributed by atoms with van der Waals surface area (Å²) < 4.78 is 17.5. The molecule has 168 valence electrons. The Balaban J connectivity index is 1.59. The fraction of sp³-hybridized carbons (Fsp3) is 0.565. The van der Waals surface area contributed by atoms with Gasteiger partial charge in [0.2, 0.25) is 0 Å². The lowest BCUT2D eigenvalue weighted by atomic mass is 9.53. The number of likely N-dealkylation sites (N-methyl/N-ethyl adjacent to an activating group) is 1. The number of hydrogen-bond acceptors (Lipinski definition) is 8. The van der Waals surface area contributed by atoms with Crippen molar-refractivity contribution in [3.63, 3.8) is 0 Å². The first-order valence-electron chi connectivity index (χ1n) is 11.0. The topological polar surface area (TPSA) is 112 Å². The highest BCUT2D eigenvalue weighted by Crippen LogP contribution is 2.67. The van der Waals surface area contributed by atoms with Gasteiger partial charge in [0, 0.05) is 25.0 Å². The summed E-state index contributed by atoms with van der Waals surface area (Å²) in [4.78, 5) is 31.0. The molecule has 5 fully saturated rings. The van der Waals surface area contributed by atoms with Crippen LogP contribution in [0.1, 0.15) is 18.4 Å². The standard InChI is InChI=1S/C23H24N2O7/c1-24-6-5-21-11-3-4-12(30-2)19(28)18(11)25-17(27)8-15-23(29,20(21)25)13(7-14(21)26)22(10-24)16(32-22)9-31-15/h3-4,8,13,16,20,28-29H,5-7,9-10H2,1-2H3/t13-,16+,20+,21+,22-,23+/m0/s1. The molecule has 9 nitrogen and oxygen atoms in total. The van der Waals surface area contributed by atoms with Gasteiger partial charge in [0.25, 0.3) is 5.91 Å². The van der Waals surface area contributed by atoms with Gasteiger partial charge in [0.15, 0.2) is 11.5 Å². The average molecular weight is 440 g/mol. The molecule has 0 radical (unpaired) electrons. The van der Waals surface area contributed by atoms with E-state index in [1.165, 1.54) is 18.1 Å². The van der Waals surface area contributed by atoms with Crippen molar-refractivity contribution in [2.24, 2.45) is 5.92 Å². The summed E-state index contributed by atoms with van der Waals surface area (Å²) in [6.07, 6.45) is 1.59. The van der Waals surface area contributed by atoms with Crippen LogP contribution in [0.4, 0.5) is 5.69 Å². The van der Waals surface area contributed by atoms with E-state index in [2.05, 4.69) is 4.90 Å². The van der Waals surface area contributed by atoms with Gasteiger partial charge in [0.1, 0.15) is 35.5 Å². The number of benzene rings is 1. The van der Waals surface area contributed by atoms with Gasteiger partial charge in [-0.05, 0) is 31.6 Å². The van der Waals surface area contributed by atoms with Crippen molar-refractivity contribution < 1.29 is 34.0 Å². The average Bonchev–Trinajstić information content (AvgIpc) is 3.34. The largest absolute Gasteiger partial charge is 0.503 e. The summed E-state index contributed by atoms with van der Waals surface area (Å²) in [5.74, 6) is -0.802. The van der Waals surface area contributed by atoms with Crippen LogP contribution >= 0.6 is 0 Å². The number of Topliss-reactive ketones (excluding diaryl/α,β-unsaturated/α-hetero) is 1. The minimum Gasteiger partial charge on any atom is -0.503 e. The Morgan fingerprint density at radius 1 is 1.28 bits per heavy atom. The number of phenolic OH excluding ortho intramolecular Hbond substituents is 1. The number of anilines is 1. The van der Waals surface area contributed by atoms with E-state index in [4.69, 9.17) is 14.2 Å². The highest BCUT2D eigenvalue weighted by atomic mass is 16.6. The van der Waals surface area contributed by atoms with E-state index in [9.17, 15) is 19.8 Å². The first-order chi connectivity index (χ1) is 15.3. The molecule has 1 aliphatic carbocycles. The second-order valence-electron chi connectivity index (χ2n) is 9.97. The Morgan fingerprint density at radius 3 is 2.88 bits per heavy atom. The molecule has 0 unspecified atom stereocenters. The van der Waals surface area contributed by atoms with Gasteiger partial charge in [-0.25, -0.2) is 0 Å². The number of aliphatic hydroxyl groups is 1. The van der Waals surface area contributed by atoms with E-state index in [1.807, 2.05) is 7.05 Å². The number of fused-ring (bicyclic) bond motifs is 6. The van der Waals surface area contributed by atoms with Crippen molar-refractivity contribution in [3.05, 3.63) is 29.5 Å². The fourth-order valence-electron chi connectivity index (χ4n) is 7.37. The molecule has 2 spiro atoms. The van der Waals surface area contributed by atoms with Gasteiger partial charge in [-0.1, -0.05) is 6.07 Å². The number of hydrogen-bond donors (Lipinski definition) is 2. The third-order valence-electron chi connectivity index (χ3n) is 8.74. The maximum absolute atomic E-state index is 14.1. The molecule has 6 heterocycles. The van der Waals surface area contributed by atoms with Crippen molar-refractivity contribution in [2.75, 3.05) is 38.8 Å². The number of methoxy groups -OCH3 is 1. The Morgan fingerprint density at radius 2 is 2.09 bits per heavy atom. The number of amides is 1. The molecular formula is C23H24N2O7. The molecule has 0 aromatic heterocycles. The quantitative estimate of drug-likeness (QED) is 0.591. The molecule has 2 N–H and O–H groups in total. The Bertz CT molecular complexity index is 1150. The summed E-state index contributed by atoms with van der Waals surface area (Å²) >= 11 is 0. The van der Waals surface area contributed by atoms with Crippen LogP contribution in [0.3, 0.4) is 0 Å². The summed E-state index contributed by atoms with van der Waals surface area (Å²) in [7, 11) is 3.42. The number of ketones is 1. The van der Waals surface area contributed by atoms with E-state index < -0.39 is 34.5 Å². The number of ether oxygens (including phenoxy) is 3. The van der Waals surface area contributed by atoms with E-state index in [-0.39, 0.29) is 47.9 Å². The predicted molar refractivity (Wildman–Crippen MR) is 109 cm³/mol. The molecule has 1 amide bonds. The SMILES string of the molecule is COc1ccc2c(c1O)N1C(=O)C=C3OC[C@H]4O[C@]45CN(C)CC[C@]24C(=O)C[C@@H]5[C@]3(O)[C@H]14. The number of aromatic hydroxyl groups is 1. The maximum atomic E-state index is 14.1. The zero-order chi connectivity index (χ0) is 22.2. The van der Waals surface area contributed by atoms with Gasteiger partial charge >= 0.3 is 0 Å². The van der Waals surface area contributed by atoms with Gasteiger partial charge in [-0.2, -0.15) is 0 Å². The molecule has 9 heteroatoms. The lowest BCUT2D eigenvalue weighted by Crippen LogP contribution is -2.73. The van der Waals surface area contributed by atoms with Crippen LogP contribution in [0.5, 0.6) is 11.5 Å². The first-order valence-corrected chi connectivity index (χ1v) is 11.0. The molecule has 4 saturated heterocycles. The number of nitrogens with zero attached hydrogens (tertiary/aromatic N) is 2. The third kappa shape index (κ3) is 1.78. The monoisotopic (exact) mass is 440 g/mol. The van der Waals surface area contributed by atoms with Gasteiger partial charge in [-0.3, -0.25) is 14.5 Å². The Hall–Kier alpha value is -2.62. The van der Waals surface area contributed by atoms with Crippen LogP contribution in [-0.4, -0.2) is 84.0 Å². The van der Waals surface area contributed by atoms with Crippen molar-refractivity contribution in [3.8, 4) is 11.5 Å². The Kier molecular flexibility index (Phi) is 3.23. The fourth-order valence-corrected chi connectivity index (χ4v) is 7.37. The van der Waals surface area contributed by atoms with E-state index >= 15 is 0 Å². The van der Waals surface area contributed by atoms with Gasteiger partial charge < -0.3 is 29.3 Å². The molecule has 8 rings (SSSR count). The third-order valence-corrected chi connectivity index (χ3v) is 8.74. The molecule has 7 aliphatic rings. The summed E-state index contributed by atoms with van der Waals surface area (Å²) in [6.45, 7) is 1.38. The molecule has 1 aromatic carbocycles. The predicted octanol–water partition coefficient (Wildman–Crippen LogP) is 0.0747. The van der Waals surface area contributed by atoms with Crippen LogP contribution in [0, 0.1) is 5.92 Å². The molecule has 1 saturated carbocycles. The van der Waals surface area contributed by atoms with E-state index in [1.54, 1.807) is 12.1 Å². The molecule has 6 aliphatic heterocycles. The second-order valence-corrected chi connectivity index (χ2v) is 9.97. The highest BCUT2D eigenvalue weighted by Gasteiger charge is 2.80. The maximum Gasteiger partial charge on any atom is 0.255 e. The number of carbonyl (C=O) groups is 2.